The standard InChI is InChI=1S/C18H16O6/c1-23-15-8-6-12(7-9-17(19)20)10-13(15)11-24-16-5-3-2-4-14(16)18(21)22/h2-10H,11H2,1H3,(H,19,20)(H,21,22). The van der Waals surface area contributed by atoms with Gasteiger partial charge in [0.25, 0.3) is 0 Å². The number of methoxy groups -OCH3 is 1. The first kappa shape index (κ1) is 17.1. The van der Waals surface area contributed by atoms with Crippen molar-refractivity contribution < 1.29 is 29.3 Å². The van der Waals surface area contributed by atoms with E-state index in [1.54, 1.807) is 36.4 Å². The van der Waals surface area contributed by atoms with E-state index in [9.17, 15) is 9.59 Å². The largest absolute Gasteiger partial charge is 0.496 e. The Morgan fingerprint density at radius 3 is 2.50 bits per heavy atom. The highest BCUT2D eigenvalue weighted by atomic mass is 16.5. The van der Waals surface area contributed by atoms with Gasteiger partial charge < -0.3 is 19.7 Å². The highest BCUT2D eigenvalue weighted by Crippen LogP contribution is 2.24. The summed E-state index contributed by atoms with van der Waals surface area (Å²) in [5.41, 5.74) is 1.41. The van der Waals surface area contributed by atoms with Crippen molar-refractivity contribution >= 4 is 18.0 Å². The molecule has 0 saturated heterocycles. The molecule has 0 atom stereocenters. The highest BCUT2D eigenvalue weighted by Gasteiger charge is 2.11. The second kappa shape index (κ2) is 7.82. The molecule has 0 spiro atoms. The first-order chi connectivity index (χ1) is 11.5. The Morgan fingerprint density at radius 1 is 1.08 bits per heavy atom. The van der Waals surface area contributed by atoms with Gasteiger partial charge in [-0.15, -0.1) is 0 Å². The summed E-state index contributed by atoms with van der Waals surface area (Å²) in [6.45, 7) is 0.0855. The Kier molecular flexibility index (Phi) is 5.57. The van der Waals surface area contributed by atoms with Crippen LogP contribution in [0.5, 0.6) is 11.5 Å². The van der Waals surface area contributed by atoms with Crippen LogP contribution < -0.4 is 9.47 Å². The van der Waals surface area contributed by atoms with Crippen LogP contribution in [-0.2, 0) is 11.4 Å². The minimum absolute atomic E-state index is 0.0680. The van der Waals surface area contributed by atoms with E-state index in [0.717, 1.165) is 6.08 Å². The van der Waals surface area contributed by atoms with Crippen molar-refractivity contribution in [1.29, 1.82) is 0 Å². The molecule has 0 saturated carbocycles. The molecule has 0 amide bonds. The number of aromatic carboxylic acids is 1. The topological polar surface area (TPSA) is 93.1 Å². The van der Waals surface area contributed by atoms with Crippen molar-refractivity contribution in [2.24, 2.45) is 0 Å². The molecule has 124 valence electrons. The van der Waals surface area contributed by atoms with E-state index in [2.05, 4.69) is 0 Å². The summed E-state index contributed by atoms with van der Waals surface area (Å²) in [5.74, 6) is -1.30. The lowest BCUT2D eigenvalue weighted by molar-refractivity contribution is -0.131. The van der Waals surface area contributed by atoms with Crippen LogP contribution in [0.15, 0.2) is 48.5 Å². The van der Waals surface area contributed by atoms with Crippen molar-refractivity contribution in [2.75, 3.05) is 7.11 Å². The molecule has 6 nitrogen and oxygen atoms in total. The van der Waals surface area contributed by atoms with Gasteiger partial charge in [0, 0.05) is 11.6 Å². The molecule has 6 heteroatoms. The van der Waals surface area contributed by atoms with E-state index in [1.165, 1.54) is 19.3 Å². The maximum atomic E-state index is 11.2. The third-order valence-electron chi connectivity index (χ3n) is 3.22. The lowest BCUT2D eigenvalue weighted by Crippen LogP contribution is -2.04. The first-order valence-electron chi connectivity index (χ1n) is 7.04. The number of carboxylic acid groups (broad SMARTS) is 2. The first-order valence-corrected chi connectivity index (χ1v) is 7.04. The number of benzene rings is 2. The fourth-order valence-corrected chi connectivity index (χ4v) is 2.11. The van der Waals surface area contributed by atoms with Crippen LogP contribution in [0, 0.1) is 0 Å². The molecule has 0 bridgehead atoms. The summed E-state index contributed by atoms with van der Waals surface area (Å²) in [4.78, 5) is 21.8. The van der Waals surface area contributed by atoms with Gasteiger partial charge in [-0.05, 0) is 35.9 Å². The van der Waals surface area contributed by atoms with Gasteiger partial charge in [0.05, 0.1) is 7.11 Å². The Bertz CT molecular complexity index is 779. The zero-order valence-corrected chi connectivity index (χ0v) is 12.9. The predicted octanol–water partition coefficient (Wildman–Crippen LogP) is 3.07. The molecule has 24 heavy (non-hydrogen) atoms. The molecule has 2 aromatic rings. The number of rotatable bonds is 7. The van der Waals surface area contributed by atoms with Gasteiger partial charge in [-0.3, -0.25) is 0 Å². The molecule has 0 fully saturated rings. The number of ether oxygens (including phenoxy) is 2. The van der Waals surface area contributed by atoms with Gasteiger partial charge >= 0.3 is 11.9 Å². The van der Waals surface area contributed by atoms with Gasteiger partial charge in [0.1, 0.15) is 23.7 Å². The maximum absolute atomic E-state index is 11.2. The molecule has 0 aromatic heterocycles. The van der Waals surface area contributed by atoms with Crippen molar-refractivity contribution in [3.63, 3.8) is 0 Å². The third kappa shape index (κ3) is 4.36. The zero-order chi connectivity index (χ0) is 17.5. The lowest BCUT2D eigenvalue weighted by Gasteiger charge is -2.12. The number of aliphatic carboxylic acids is 1. The molecule has 2 N–H and O–H groups in total. The molecule has 0 aliphatic heterocycles. The highest BCUT2D eigenvalue weighted by molar-refractivity contribution is 5.90. The van der Waals surface area contributed by atoms with Gasteiger partial charge in [-0.1, -0.05) is 18.2 Å². The molecular weight excluding hydrogens is 312 g/mol. The molecule has 2 rings (SSSR count). The Balaban J connectivity index is 2.24. The number of hydrogen-bond acceptors (Lipinski definition) is 4. The Labute approximate surface area is 138 Å². The summed E-state index contributed by atoms with van der Waals surface area (Å²) in [6.07, 6.45) is 2.49. The van der Waals surface area contributed by atoms with Gasteiger partial charge in [0.2, 0.25) is 0 Å². The molecule has 0 heterocycles. The second-order valence-electron chi connectivity index (χ2n) is 4.83. The van der Waals surface area contributed by atoms with E-state index in [-0.39, 0.29) is 17.9 Å². The second-order valence-corrected chi connectivity index (χ2v) is 4.83. The maximum Gasteiger partial charge on any atom is 0.339 e. The van der Waals surface area contributed by atoms with Gasteiger partial charge in [0.15, 0.2) is 0 Å². The molecule has 2 aromatic carbocycles. The van der Waals surface area contributed by atoms with Crippen molar-refractivity contribution in [3.05, 3.63) is 65.2 Å². The molecule has 0 aliphatic carbocycles. The number of carbonyl (C=O) groups is 2. The summed E-state index contributed by atoms with van der Waals surface area (Å²) < 4.78 is 10.9. The monoisotopic (exact) mass is 328 g/mol. The number of para-hydroxylation sites is 1. The average molecular weight is 328 g/mol. The van der Waals surface area contributed by atoms with E-state index in [0.29, 0.717) is 16.9 Å². The molecule has 0 unspecified atom stereocenters. The number of carboxylic acids is 2. The van der Waals surface area contributed by atoms with Crippen LogP contribution in [0.3, 0.4) is 0 Å². The minimum Gasteiger partial charge on any atom is -0.496 e. The van der Waals surface area contributed by atoms with Crippen molar-refractivity contribution in [2.45, 2.75) is 6.61 Å². The van der Waals surface area contributed by atoms with Crippen LogP contribution in [0.25, 0.3) is 6.08 Å². The molecular formula is C18H16O6. The Hall–Kier alpha value is -3.28. The van der Waals surface area contributed by atoms with Crippen LogP contribution in [0.2, 0.25) is 0 Å². The van der Waals surface area contributed by atoms with E-state index >= 15 is 0 Å². The van der Waals surface area contributed by atoms with E-state index < -0.39 is 11.9 Å². The third-order valence-corrected chi connectivity index (χ3v) is 3.22. The van der Waals surface area contributed by atoms with Crippen LogP contribution in [-0.4, -0.2) is 29.3 Å². The number of hydrogen-bond donors (Lipinski definition) is 2. The van der Waals surface area contributed by atoms with Crippen molar-refractivity contribution in [1.82, 2.24) is 0 Å². The molecule has 0 aliphatic rings. The SMILES string of the molecule is COc1ccc(C=CC(=O)O)cc1COc1ccccc1C(=O)O. The summed E-state index contributed by atoms with van der Waals surface area (Å²) in [6, 6.07) is 11.5. The zero-order valence-electron chi connectivity index (χ0n) is 12.9. The normalized spacial score (nSPS) is 10.5. The van der Waals surface area contributed by atoms with Crippen LogP contribution in [0.1, 0.15) is 21.5 Å². The molecule has 0 radical (unpaired) electrons. The minimum atomic E-state index is -1.07. The van der Waals surface area contributed by atoms with Crippen LogP contribution >= 0.6 is 0 Å². The predicted molar refractivity (Wildman–Crippen MR) is 87.4 cm³/mol. The quantitative estimate of drug-likeness (QED) is 0.759. The van der Waals surface area contributed by atoms with Crippen LogP contribution in [0.4, 0.5) is 0 Å². The van der Waals surface area contributed by atoms with E-state index in [1.807, 2.05) is 0 Å². The Morgan fingerprint density at radius 2 is 1.83 bits per heavy atom. The smallest absolute Gasteiger partial charge is 0.339 e. The van der Waals surface area contributed by atoms with Gasteiger partial charge in [-0.2, -0.15) is 0 Å². The fourth-order valence-electron chi connectivity index (χ4n) is 2.11. The fraction of sp³-hybridized carbons (Fsp3) is 0.111. The summed E-state index contributed by atoms with van der Waals surface area (Å²) >= 11 is 0. The summed E-state index contributed by atoms with van der Waals surface area (Å²) in [5, 5.41) is 17.8. The van der Waals surface area contributed by atoms with E-state index in [4.69, 9.17) is 19.7 Å². The van der Waals surface area contributed by atoms with Gasteiger partial charge in [-0.25, -0.2) is 9.59 Å². The summed E-state index contributed by atoms with van der Waals surface area (Å²) in [7, 11) is 1.51. The lowest BCUT2D eigenvalue weighted by atomic mass is 10.1. The van der Waals surface area contributed by atoms with Crippen molar-refractivity contribution in [3.8, 4) is 11.5 Å². The average Bonchev–Trinajstić information content (AvgIpc) is 2.58.